The first kappa shape index (κ1) is 16.0. The summed E-state index contributed by atoms with van der Waals surface area (Å²) in [6.45, 7) is 11.2. The van der Waals surface area contributed by atoms with Crippen LogP contribution in [-0.4, -0.2) is 0 Å². The van der Waals surface area contributed by atoms with Crippen molar-refractivity contribution >= 4 is 0 Å². The highest BCUT2D eigenvalue weighted by Crippen LogP contribution is 2.37. The predicted octanol–water partition coefficient (Wildman–Crippen LogP) is 6.06. The average molecular weight is 226 g/mol. The first-order valence-electron chi connectivity index (χ1n) is 7.79. The van der Waals surface area contributed by atoms with E-state index in [0.29, 0.717) is 0 Å². The van der Waals surface area contributed by atoms with Crippen LogP contribution in [0.15, 0.2) is 0 Å². The average Bonchev–Trinajstić information content (AvgIpc) is 2.34. The van der Waals surface area contributed by atoms with Gasteiger partial charge in [-0.25, -0.2) is 0 Å². The zero-order chi connectivity index (χ0) is 12.4. The van der Waals surface area contributed by atoms with Crippen LogP contribution in [0.3, 0.4) is 0 Å². The van der Waals surface area contributed by atoms with E-state index >= 15 is 0 Å². The van der Waals surface area contributed by atoms with Gasteiger partial charge in [0.25, 0.3) is 0 Å². The molecule has 1 rings (SSSR count). The Bertz CT molecular complexity index is 133. The fourth-order valence-corrected chi connectivity index (χ4v) is 3.43. The van der Waals surface area contributed by atoms with E-state index in [1.807, 2.05) is 13.8 Å². The van der Waals surface area contributed by atoms with Gasteiger partial charge in [0.05, 0.1) is 0 Å². The maximum absolute atomic E-state index is 2.48. The van der Waals surface area contributed by atoms with Crippen LogP contribution >= 0.6 is 0 Å². The molecule has 0 spiro atoms. The molecule has 0 heteroatoms. The highest BCUT2D eigenvalue weighted by Gasteiger charge is 2.25. The highest BCUT2D eigenvalue weighted by atomic mass is 14.3. The minimum Gasteiger partial charge on any atom is -0.0683 e. The van der Waals surface area contributed by atoms with Crippen molar-refractivity contribution in [3.8, 4) is 0 Å². The maximum atomic E-state index is 2.48. The van der Waals surface area contributed by atoms with Crippen molar-refractivity contribution in [1.82, 2.24) is 0 Å². The highest BCUT2D eigenvalue weighted by molar-refractivity contribution is 4.76. The van der Waals surface area contributed by atoms with E-state index in [2.05, 4.69) is 20.8 Å². The molecule has 0 saturated heterocycles. The van der Waals surface area contributed by atoms with Crippen molar-refractivity contribution < 1.29 is 0 Å². The molecule has 0 N–H and O–H groups in total. The third kappa shape index (κ3) is 5.37. The van der Waals surface area contributed by atoms with E-state index in [1.54, 1.807) is 0 Å². The van der Waals surface area contributed by atoms with Crippen LogP contribution in [0.1, 0.15) is 86.0 Å². The van der Waals surface area contributed by atoms with E-state index in [-0.39, 0.29) is 0 Å². The van der Waals surface area contributed by atoms with Gasteiger partial charge in [-0.2, -0.15) is 0 Å². The summed E-state index contributed by atoms with van der Waals surface area (Å²) in [5.41, 5.74) is 0. The largest absolute Gasteiger partial charge is 0.0683 e. The fraction of sp³-hybridized carbons (Fsp3) is 1.00. The van der Waals surface area contributed by atoms with Crippen molar-refractivity contribution in [2.24, 2.45) is 17.8 Å². The van der Waals surface area contributed by atoms with Crippen molar-refractivity contribution in [1.29, 1.82) is 0 Å². The Morgan fingerprint density at radius 3 is 2.00 bits per heavy atom. The topological polar surface area (TPSA) is 0 Å². The molecule has 0 aromatic carbocycles. The quantitative estimate of drug-likeness (QED) is 0.535. The smallest absolute Gasteiger partial charge is 0.0363 e. The van der Waals surface area contributed by atoms with Gasteiger partial charge in [-0.1, -0.05) is 86.0 Å². The van der Waals surface area contributed by atoms with E-state index in [1.165, 1.54) is 51.4 Å². The summed E-state index contributed by atoms with van der Waals surface area (Å²) in [4.78, 5) is 0. The molecular formula is C16H34. The summed E-state index contributed by atoms with van der Waals surface area (Å²) in [5, 5.41) is 0. The summed E-state index contributed by atoms with van der Waals surface area (Å²) < 4.78 is 0. The van der Waals surface area contributed by atoms with E-state index in [4.69, 9.17) is 0 Å². The minimum atomic E-state index is 0.966. The van der Waals surface area contributed by atoms with Gasteiger partial charge < -0.3 is 0 Å². The Balaban J connectivity index is 0.00000106. The number of hydrogen-bond donors (Lipinski definition) is 0. The molecule has 0 bridgehead atoms. The monoisotopic (exact) mass is 226 g/mol. The predicted molar refractivity (Wildman–Crippen MR) is 75.8 cm³/mol. The lowest BCUT2D eigenvalue weighted by atomic mass is 9.72. The molecule has 0 aliphatic heterocycles. The van der Waals surface area contributed by atoms with Crippen LogP contribution in [0.4, 0.5) is 0 Å². The van der Waals surface area contributed by atoms with Gasteiger partial charge in [0.2, 0.25) is 0 Å². The van der Waals surface area contributed by atoms with Crippen LogP contribution < -0.4 is 0 Å². The van der Waals surface area contributed by atoms with Gasteiger partial charge in [0.1, 0.15) is 0 Å². The van der Waals surface area contributed by atoms with Gasteiger partial charge in [0, 0.05) is 0 Å². The lowest BCUT2D eigenvalue weighted by molar-refractivity contribution is 0.174. The summed E-state index contributed by atoms with van der Waals surface area (Å²) in [5.74, 6) is 3.05. The molecule has 1 saturated carbocycles. The Morgan fingerprint density at radius 1 is 1.00 bits per heavy atom. The third-order valence-corrected chi connectivity index (χ3v) is 4.20. The van der Waals surface area contributed by atoms with Crippen LogP contribution in [0.5, 0.6) is 0 Å². The molecule has 1 fully saturated rings. The second kappa shape index (κ2) is 10.2. The molecule has 0 amide bonds. The number of rotatable bonds is 5. The van der Waals surface area contributed by atoms with E-state index in [9.17, 15) is 0 Å². The summed E-state index contributed by atoms with van der Waals surface area (Å²) in [6.07, 6.45) is 11.7. The lowest BCUT2D eigenvalue weighted by Crippen LogP contribution is -2.23. The molecular weight excluding hydrogens is 192 g/mol. The molecule has 2 atom stereocenters. The zero-order valence-corrected chi connectivity index (χ0v) is 12.4. The molecule has 0 aromatic heterocycles. The fourth-order valence-electron chi connectivity index (χ4n) is 3.43. The zero-order valence-electron chi connectivity index (χ0n) is 12.4. The number of hydrogen-bond acceptors (Lipinski definition) is 0. The molecule has 1 aliphatic rings. The van der Waals surface area contributed by atoms with Crippen LogP contribution in [0.2, 0.25) is 0 Å². The SMILES string of the molecule is CC.CCCC(C)C(CC)C1CCCCC1. The van der Waals surface area contributed by atoms with Crippen LogP contribution in [-0.2, 0) is 0 Å². The standard InChI is InChI=1S/C14H28.C2H6/c1-4-9-12(3)14(5-2)13-10-7-6-8-11-13;1-2/h12-14H,4-11H2,1-3H3;1-2H3. The summed E-state index contributed by atoms with van der Waals surface area (Å²) in [7, 11) is 0. The second-order valence-corrected chi connectivity index (χ2v) is 5.24. The van der Waals surface area contributed by atoms with E-state index < -0.39 is 0 Å². The summed E-state index contributed by atoms with van der Waals surface area (Å²) >= 11 is 0. The normalized spacial score (nSPS) is 20.8. The second-order valence-electron chi connectivity index (χ2n) is 5.24. The van der Waals surface area contributed by atoms with Crippen LogP contribution in [0, 0.1) is 17.8 Å². The molecule has 2 unspecified atom stereocenters. The maximum Gasteiger partial charge on any atom is -0.0363 e. The van der Waals surface area contributed by atoms with E-state index in [0.717, 1.165) is 17.8 Å². The van der Waals surface area contributed by atoms with Crippen molar-refractivity contribution in [3.05, 3.63) is 0 Å². The molecule has 0 radical (unpaired) electrons. The third-order valence-electron chi connectivity index (χ3n) is 4.20. The van der Waals surface area contributed by atoms with Gasteiger partial charge >= 0.3 is 0 Å². The Morgan fingerprint density at radius 2 is 1.56 bits per heavy atom. The van der Waals surface area contributed by atoms with Crippen molar-refractivity contribution in [2.75, 3.05) is 0 Å². The van der Waals surface area contributed by atoms with Gasteiger partial charge in [-0.15, -0.1) is 0 Å². The van der Waals surface area contributed by atoms with Crippen molar-refractivity contribution in [3.63, 3.8) is 0 Å². The van der Waals surface area contributed by atoms with Gasteiger partial charge in [-0.3, -0.25) is 0 Å². The lowest BCUT2D eigenvalue weighted by Gasteiger charge is -2.33. The van der Waals surface area contributed by atoms with Crippen molar-refractivity contribution in [2.45, 2.75) is 86.0 Å². The molecule has 98 valence electrons. The Kier molecular flexibility index (Phi) is 10.2. The van der Waals surface area contributed by atoms with Crippen LogP contribution in [0.25, 0.3) is 0 Å². The first-order valence-corrected chi connectivity index (χ1v) is 7.79. The Hall–Kier alpha value is 0. The first-order chi connectivity index (χ1) is 7.79. The molecule has 0 heterocycles. The minimum absolute atomic E-state index is 0.966. The molecule has 16 heavy (non-hydrogen) atoms. The molecule has 1 aliphatic carbocycles. The summed E-state index contributed by atoms with van der Waals surface area (Å²) in [6, 6.07) is 0. The van der Waals surface area contributed by atoms with Gasteiger partial charge in [-0.05, 0) is 17.8 Å². The van der Waals surface area contributed by atoms with Gasteiger partial charge in [0.15, 0.2) is 0 Å². The molecule has 0 aromatic rings. The Labute approximate surface area is 104 Å². The molecule has 0 nitrogen and oxygen atoms in total.